The van der Waals surface area contributed by atoms with Gasteiger partial charge in [0.25, 0.3) is 5.91 Å². The van der Waals surface area contributed by atoms with Gasteiger partial charge in [0.2, 0.25) is 11.8 Å². The maximum Gasteiger partial charge on any atom is 0.251 e. The molecule has 2 N–H and O–H groups in total. The number of piperazine rings is 1. The Hall–Kier alpha value is -3.39. The van der Waals surface area contributed by atoms with Crippen LogP contribution >= 0.6 is 0 Å². The molecule has 1 atom stereocenters. The van der Waals surface area contributed by atoms with Crippen LogP contribution in [0.4, 0.5) is 5.69 Å². The van der Waals surface area contributed by atoms with Gasteiger partial charge in [0, 0.05) is 50.9 Å². The van der Waals surface area contributed by atoms with Crippen molar-refractivity contribution in [1.29, 1.82) is 0 Å². The van der Waals surface area contributed by atoms with Crippen molar-refractivity contribution in [2.75, 3.05) is 45.7 Å². The molecule has 1 aliphatic heterocycles. The Bertz CT molecular complexity index is 1010. The molecule has 8 nitrogen and oxygen atoms in total. The number of anilines is 1. The summed E-state index contributed by atoms with van der Waals surface area (Å²) in [6.07, 6.45) is 0. The van der Waals surface area contributed by atoms with Crippen molar-refractivity contribution in [2.24, 2.45) is 0 Å². The molecular formula is C24H30N4O4. The third-order valence-corrected chi connectivity index (χ3v) is 5.72. The van der Waals surface area contributed by atoms with E-state index in [2.05, 4.69) is 10.6 Å². The maximum absolute atomic E-state index is 12.7. The average Bonchev–Trinajstić information content (AvgIpc) is 2.79. The molecule has 0 aliphatic carbocycles. The first kappa shape index (κ1) is 23.3. The van der Waals surface area contributed by atoms with Gasteiger partial charge < -0.3 is 20.3 Å². The molecule has 1 saturated heterocycles. The lowest BCUT2D eigenvalue weighted by atomic mass is 9.99. The Labute approximate surface area is 188 Å². The summed E-state index contributed by atoms with van der Waals surface area (Å²) in [6.45, 7) is 5.28. The number of hydrogen-bond donors (Lipinski definition) is 2. The Morgan fingerprint density at radius 1 is 1.12 bits per heavy atom. The lowest BCUT2D eigenvalue weighted by Crippen LogP contribution is -2.51. The molecular weight excluding hydrogens is 408 g/mol. The fourth-order valence-corrected chi connectivity index (χ4v) is 3.93. The Morgan fingerprint density at radius 2 is 1.91 bits per heavy atom. The van der Waals surface area contributed by atoms with Gasteiger partial charge in [-0.1, -0.05) is 18.2 Å². The van der Waals surface area contributed by atoms with E-state index in [1.165, 1.54) is 0 Å². The highest BCUT2D eigenvalue weighted by molar-refractivity contribution is 5.94. The number of nitrogens with zero attached hydrogens (tertiary/aromatic N) is 2. The monoisotopic (exact) mass is 438 g/mol. The van der Waals surface area contributed by atoms with Crippen molar-refractivity contribution in [2.45, 2.75) is 19.9 Å². The van der Waals surface area contributed by atoms with Crippen molar-refractivity contribution in [3.05, 3.63) is 59.2 Å². The van der Waals surface area contributed by atoms with E-state index in [1.54, 1.807) is 38.1 Å². The number of hydrogen-bond acceptors (Lipinski definition) is 5. The molecule has 2 aromatic rings. The summed E-state index contributed by atoms with van der Waals surface area (Å²) in [5, 5.41) is 5.58. The third-order valence-electron chi connectivity index (χ3n) is 5.72. The fraction of sp³-hybridized carbons (Fsp3) is 0.375. The minimum atomic E-state index is -0.239. The molecule has 2 aromatic carbocycles. The molecule has 3 amide bonds. The normalized spacial score (nSPS) is 16.4. The Kier molecular flexibility index (Phi) is 7.48. The molecule has 0 radical (unpaired) electrons. The predicted octanol–water partition coefficient (Wildman–Crippen LogP) is 2.21. The molecule has 0 aromatic heterocycles. The quantitative estimate of drug-likeness (QED) is 0.722. The number of nitrogens with one attached hydrogen (secondary N) is 2. The molecule has 3 rings (SSSR count). The molecule has 0 saturated carbocycles. The predicted molar refractivity (Wildman–Crippen MR) is 123 cm³/mol. The number of carbonyl (C=O) groups is 3. The van der Waals surface area contributed by atoms with Gasteiger partial charge in [-0.15, -0.1) is 0 Å². The molecule has 0 unspecified atom stereocenters. The second-order valence-electron chi connectivity index (χ2n) is 7.90. The van der Waals surface area contributed by atoms with E-state index in [0.29, 0.717) is 36.6 Å². The molecule has 1 fully saturated rings. The average molecular weight is 439 g/mol. The van der Waals surface area contributed by atoms with Gasteiger partial charge in [-0.2, -0.15) is 0 Å². The van der Waals surface area contributed by atoms with Crippen molar-refractivity contribution in [3.8, 4) is 5.75 Å². The zero-order valence-corrected chi connectivity index (χ0v) is 19.0. The smallest absolute Gasteiger partial charge is 0.251 e. The molecule has 170 valence electrons. The van der Waals surface area contributed by atoms with Crippen molar-refractivity contribution in [1.82, 2.24) is 15.1 Å². The molecule has 0 spiro atoms. The Morgan fingerprint density at radius 3 is 2.59 bits per heavy atom. The summed E-state index contributed by atoms with van der Waals surface area (Å²) in [4.78, 5) is 40.9. The second-order valence-corrected chi connectivity index (χ2v) is 7.90. The van der Waals surface area contributed by atoms with Gasteiger partial charge in [-0.25, -0.2) is 0 Å². The van der Waals surface area contributed by atoms with Crippen LogP contribution in [-0.2, 0) is 9.59 Å². The standard InChI is InChI=1S/C24H30N4O4/c1-16-8-9-20(32-4)13-21(16)26-23(30)15-27-10-11-28(17(2)29)22(14-27)18-6-5-7-19(12-18)24(31)25-3/h5-9,12-13,22H,10-11,14-15H2,1-4H3,(H,25,31)(H,26,30)/t22-/m1/s1. The lowest BCUT2D eigenvalue weighted by molar-refractivity contribution is -0.134. The summed E-state index contributed by atoms with van der Waals surface area (Å²) >= 11 is 0. The molecule has 1 aliphatic rings. The van der Waals surface area contributed by atoms with Crippen LogP contribution in [0.5, 0.6) is 5.75 Å². The lowest BCUT2D eigenvalue weighted by Gasteiger charge is -2.41. The maximum atomic E-state index is 12.7. The van der Waals surface area contributed by atoms with Crippen LogP contribution in [0.1, 0.15) is 34.5 Å². The van der Waals surface area contributed by atoms with Crippen LogP contribution in [0.25, 0.3) is 0 Å². The highest BCUT2D eigenvalue weighted by Gasteiger charge is 2.31. The summed E-state index contributed by atoms with van der Waals surface area (Å²) in [6, 6.07) is 12.6. The highest BCUT2D eigenvalue weighted by atomic mass is 16.5. The van der Waals surface area contributed by atoms with Gasteiger partial charge in [0.1, 0.15) is 5.75 Å². The number of aryl methyl sites for hydroxylation is 1. The number of carbonyl (C=O) groups excluding carboxylic acids is 3. The first-order chi connectivity index (χ1) is 15.3. The van der Waals surface area contributed by atoms with Crippen LogP contribution < -0.4 is 15.4 Å². The van der Waals surface area contributed by atoms with E-state index in [1.807, 2.05) is 42.2 Å². The van der Waals surface area contributed by atoms with E-state index in [4.69, 9.17) is 4.74 Å². The van der Waals surface area contributed by atoms with E-state index in [-0.39, 0.29) is 30.3 Å². The van der Waals surface area contributed by atoms with Gasteiger partial charge in [-0.3, -0.25) is 19.3 Å². The second kappa shape index (κ2) is 10.3. The molecule has 8 heteroatoms. The number of benzene rings is 2. The number of ether oxygens (including phenoxy) is 1. The molecule has 0 bridgehead atoms. The van der Waals surface area contributed by atoms with Crippen molar-refractivity contribution < 1.29 is 19.1 Å². The summed E-state index contributed by atoms with van der Waals surface area (Å²) in [5.41, 5.74) is 3.07. The van der Waals surface area contributed by atoms with Crippen LogP contribution in [0.15, 0.2) is 42.5 Å². The van der Waals surface area contributed by atoms with Crippen molar-refractivity contribution >= 4 is 23.4 Å². The zero-order chi connectivity index (χ0) is 23.3. The van der Waals surface area contributed by atoms with Gasteiger partial charge in [0.15, 0.2) is 0 Å². The van der Waals surface area contributed by atoms with Crippen LogP contribution in [0.2, 0.25) is 0 Å². The first-order valence-electron chi connectivity index (χ1n) is 10.6. The summed E-state index contributed by atoms with van der Waals surface area (Å²) in [5.74, 6) is 0.339. The zero-order valence-electron chi connectivity index (χ0n) is 19.0. The van der Waals surface area contributed by atoms with E-state index >= 15 is 0 Å². The van der Waals surface area contributed by atoms with Gasteiger partial charge in [-0.05, 0) is 36.2 Å². The Balaban J connectivity index is 1.74. The summed E-state index contributed by atoms with van der Waals surface area (Å²) in [7, 11) is 3.17. The van der Waals surface area contributed by atoms with Crippen molar-refractivity contribution in [3.63, 3.8) is 0 Å². The van der Waals surface area contributed by atoms with E-state index < -0.39 is 0 Å². The van der Waals surface area contributed by atoms with Gasteiger partial charge >= 0.3 is 0 Å². The highest BCUT2D eigenvalue weighted by Crippen LogP contribution is 2.27. The SMILES string of the molecule is CNC(=O)c1cccc([C@H]2CN(CC(=O)Nc3cc(OC)ccc3C)CCN2C(C)=O)c1. The van der Waals surface area contributed by atoms with Gasteiger partial charge in [0.05, 0.1) is 19.7 Å². The number of methoxy groups -OCH3 is 1. The molecule has 32 heavy (non-hydrogen) atoms. The minimum absolute atomic E-state index is 0.0311. The number of amides is 3. The topological polar surface area (TPSA) is 91.0 Å². The largest absolute Gasteiger partial charge is 0.497 e. The molecule has 1 heterocycles. The minimum Gasteiger partial charge on any atom is -0.497 e. The summed E-state index contributed by atoms with van der Waals surface area (Å²) < 4.78 is 5.25. The first-order valence-corrected chi connectivity index (χ1v) is 10.6. The number of rotatable bonds is 6. The van der Waals surface area contributed by atoms with Crippen LogP contribution in [0.3, 0.4) is 0 Å². The fourth-order valence-electron chi connectivity index (χ4n) is 3.93. The van der Waals surface area contributed by atoms with Crippen LogP contribution in [0, 0.1) is 6.92 Å². The van der Waals surface area contributed by atoms with E-state index in [0.717, 1.165) is 11.1 Å². The van der Waals surface area contributed by atoms with Crippen LogP contribution in [-0.4, -0.2) is 67.9 Å². The third kappa shape index (κ3) is 5.45. The van der Waals surface area contributed by atoms with E-state index in [9.17, 15) is 14.4 Å².